The maximum absolute atomic E-state index is 13.2. The molecule has 0 saturated heterocycles. The molecule has 0 fully saturated rings. The summed E-state index contributed by atoms with van der Waals surface area (Å²) in [7, 11) is -1.01. The van der Waals surface area contributed by atoms with Gasteiger partial charge in [-0.3, -0.25) is 4.79 Å². The minimum atomic E-state index is -4.63. The number of halogens is 3. The van der Waals surface area contributed by atoms with Gasteiger partial charge >= 0.3 is 6.18 Å². The van der Waals surface area contributed by atoms with Crippen molar-refractivity contribution in [2.75, 3.05) is 26.0 Å². The van der Waals surface area contributed by atoms with Gasteiger partial charge in [0, 0.05) is 33.1 Å². The van der Waals surface area contributed by atoms with Crippen LogP contribution in [0.3, 0.4) is 0 Å². The van der Waals surface area contributed by atoms with Crippen LogP contribution in [0, 0.1) is 6.92 Å². The molecule has 4 aromatic rings. The van der Waals surface area contributed by atoms with Crippen molar-refractivity contribution >= 4 is 32.6 Å². The van der Waals surface area contributed by atoms with Crippen molar-refractivity contribution in [3.63, 3.8) is 0 Å². The number of nitrogens with one attached hydrogen (secondary N) is 1. The van der Waals surface area contributed by atoms with E-state index in [1.54, 1.807) is 6.92 Å². The van der Waals surface area contributed by atoms with Gasteiger partial charge in [0.05, 0.1) is 17.9 Å². The molecule has 4 aromatic heterocycles. The van der Waals surface area contributed by atoms with Crippen molar-refractivity contribution in [3.05, 3.63) is 35.3 Å². The highest BCUT2D eigenvalue weighted by Crippen LogP contribution is 2.35. The van der Waals surface area contributed by atoms with Crippen LogP contribution in [0.5, 0.6) is 0 Å². The zero-order valence-corrected chi connectivity index (χ0v) is 20.5. The number of carbonyl (C=O) groups is 1. The maximum atomic E-state index is 13.2. The fourth-order valence-corrected chi connectivity index (χ4v) is 4.65. The number of aromatic nitrogens is 6. The first-order chi connectivity index (χ1) is 16.9. The molecular formula is C21H22F3N7O4S. The lowest BCUT2D eigenvalue weighted by Crippen LogP contribution is -2.29. The molecule has 4 rings (SSSR count). The number of hydrogen-bond donors (Lipinski definition) is 1. The Bertz CT molecular complexity index is 1590. The molecule has 0 spiro atoms. The fourth-order valence-electron chi connectivity index (χ4n) is 3.68. The Balaban J connectivity index is 2.02. The molecular weight excluding hydrogens is 503 g/mol. The zero-order valence-electron chi connectivity index (χ0n) is 19.7. The average molecular weight is 526 g/mol. The highest BCUT2D eigenvalue weighted by Gasteiger charge is 2.34. The molecule has 0 radical (unpaired) electrons. The van der Waals surface area contributed by atoms with Crippen molar-refractivity contribution in [3.8, 4) is 11.4 Å². The van der Waals surface area contributed by atoms with E-state index in [9.17, 15) is 26.4 Å². The van der Waals surface area contributed by atoms with Crippen LogP contribution < -0.4 is 5.32 Å². The summed E-state index contributed by atoms with van der Waals surface area (Å²) >= 11 is 0. The Labute approximate surface area is 203 Å². The number of imidazole rings is 1. The first-order valence-corrected chi connectivity index (χ1v) is 12.3. The Hall–Kier alpha value is -3.59. The van der Waals surface area contributed by atoms with E-state index >= 15 is 0 Å². The molecule has 0 aliphatic carbocycles. The van der Waals surface area contributed by atoms with Crippen LogP contribution in [0.1, 0.15) is 28.5 Å². The van der Waals surface area contributed by atoms with Gasteiger partial charge in [0.2, 0.25) is 0 Å². The summed E-state index contributed by atoms with van der Waals surface area (Å²) in [6.07, 6.45) is -2.57. The summed E-state index contributed by atoms with van der Waals surface area (Å²) < 4.78 is 73.1. The average Bonchev–Trinajstić information content (AvgIpc) is 3.36. The van der Waals surface area contributed by atoms with E-state index in [2.05, 4.69) is 25.4 Å². The molecule has 0 aliphatic rings. The number of alkyl halides is 3. The van der Waals surface area contributed by atoms with E-state index < -0.39 is 32.5 Å². The summed E-state index contributed by atoms with van der Waals surface area (Å²) in [4.78, 5) is 25.4. The summed E-state index contributed by atoms with van der Waals surface area (Å²) in [6, 6.07) is 0.831. The number of carbonyl (C=O) groups excluding carboxylic acids is 1. The Morgan fingerprint density at radius 3 is 2.53 bits per heavy atom. The third kappa shape index (κ3) is 4.28. The minimum Gasteiger partial charge on any atom is -0.383 e. The Morgan fingerprint density at radius 1 is 1.19 bits per heavy atom. The molecule has 11 nitrogen and oxygen atoms in total. The van der Waals surface area contributed by atoms with E-state index in [-0.39, 0.29) is 52.8 Å². The van der Waals surface area contributed by atoms with Crippen molar-refractivity contribution < 1.29 is 31.1 Å². The van der Waals surface area contributed by atoms with Gasteiger partial charge in [-0.1, -0.05) is 6.92 Å². The fraction of sp³-hybridized carbons (Fsp3) is 0.381. The standard InChI is InChI=1S/C21H22F3N7O4S/c1-5-36(33,34)20-14(18-28-13-8-12(21(22,23)24)10-27-16(13)30(18)3)17-26-9-11(2)15(31(17)29-20)19(32)25-6-7-35-4/h8-10H,5-7H2,1-4H3,(H,25,32). The molecule has 0 unspecified atom stereocenters. The monoisotopic (exact) mass is 525 g/mol. The van der Waals surface area contributed by atoms with E-state index in [0.29, 0.717) is 11.8 Å². The molecule has 0 saturated carbocycles. The summed E-state index contributed by atoms with van der Waals surface area (Å²) in [5.41, 5.74) is -0.562. The predicted octanol–water partition coefficient (Wildman–Crippen LogP) is 2.18. The number of amides is 1. The van der Waals surface area contributed by atoms with E-state index in [1.807, 2.05) is 0 Å². The first-order valence-electron chi connectivity index (χ1n) is 10.7. The van der Waals surface area contributed by atoms with Gasteiger partial charge in [0.1, 0.15) is 22.6 Å². The Morgan fingerprint density at radius 2 is 1.89 bits per heavy atom. The second-order valence-corrected chi connectivity index (χ2v) is 10.1. The van der Waals surface area contributed by atoms with Gasteiger partial charge in [0.25, 0.3) is 5.91 Å². The largest absolute Gasteiger partial charge is 0.417 e. The first kappa shape index (κ1) is 25.5. The molecule has 0 aromatic carbocycles. The molecule has 0 bridgehead atoms. The normalized spacial score (nSPS) is 12.5. The van der Waals surface area contributed by atoms with Gasteiger partial charge in [0.15, 0.2) is 26.2 Å². The molecule has 15 heteroatoms. The number of ether oxygens (including phenoxy) is 1. The van der Waals surface area contributed by atoms with Crippen LogP contribution >= 0.6 is 0 Å². The lowest BCUT2D eigenvalue weighted by atomic mass is 10.2. The Kier molecular flexibility index (Phi) is 6.47. The smallest absolute Gasteiger partial charge is 0.383 e. The molecule has 36 heavy (non-hydrogen) atoms. The molecule has 4 heterocycles. The van der Waals surface area contributed by atoms with Gasteiger partial charge in [-0.05, 0) is 18.6 Å². The lowest BCUT2D eigenvalue weighted by Gasteiger charge is -2.09. The SMILES string of the molecule is CCS(=O)(=O)c1nn2c(C(=O)NCCOC)c(C)cnc2c1-c1nc2cc(C(F)(F)F)cnc2n1C. The molecule has 0 aliphatic heterocycles. The van der Waals surface area contributed by atoms with E-state index in [0.717, 1.165) is 10.6 Å². The molecule has 192 valence electrons. The second-order valence-electron chi connectivity index (χ2n) is 7.92. The topological polar surface area (TPSA) is 133 Å². The van der Waals surface area contributed by atoms with Crippen LogP contribution in [-0.2, 0) is 27.8 Å². The van der Waals surface area contributed by atoms with Crippen molar-refractivity contribution in [1.82, 2.24) is 34.4 Å². The van der Waals surface area contributed by atoms with Crippen LogP contribution in [0.15, 0.2) is 23.5 Å². The third-order valence-electron chi connectivity index (χ3n) is 5.54. The zero-order chi connectivity index (χ0) is 26.4. The number of nitrogens with zero attached hydrogens (tertiary/aromatic N) is 6. The summed E-state index contributed by atoms with van der Waals surface area (Å²) in [6.45, 7) is 3.49. The van der Waals surface area contributed by atoms with Crippen LogP contribution in [0.4, 0.5) is 13.2 Å². The lowest BCUT2D eigenvalue weighted by molar-refractivity contribution is -0.137. The number of fused-ring (bicyclic) bond motifs is 2. The van der Waals surface area contributed by atoms with Crippen LogP contribution in [-0.4, -0.2) is 69.5 Å². The third-order valence-corrected chi connectivity index (χ3v) is 7.17. The van der Waals surface area contributed by atoms with Gasteiger partial charge in [-0.2, -0.15) is 18.3 Å². The number of methoxy groups -OCH3 is 1. The predicted molar refractivity (Wildman–Crippen MR) is 122 cm³/mol. The van der Waals surface area contributed by atoms with Crippen molar-refractivity contribution in [2.24, 2.45) is 7.05 Å². The van der Waals surface area contributed by atoms with Gasteiger partial charge in [-0.25, -0.2) is 27.9 Å². The summed E-state index contributed by atoms with van der Waals surface area (Å²) in [5.74, 6) is -0.868. The summed E-state index contributed by atoms with van der Waals surface area (Å²) in [5, 5.41) is 6.50. The van der Waals surface area contributed by atoms with Crippen LogP contribution in [0.25, 0.3) is 28.2 Å². The quantitative estimate of drug-likeness (QED) is 0.363. The minimum absolute atomic E-state index is 0.000956. The van der Waals surface area contributed by atoms with Gasteiger partial charge in [-0.15, -0.1) is 0 Å². The van der Waals surface area contributed by atoms with Crippen LogP contribution in [0.2, 0.25) is 0 Å². The number of sulfone groups is 1. The van der Waals surface area contributed by atoms with Crippen molar-refractivity contribution in [1.29, 1.82) is 0 Å². The highest BCUT2D eigenvalue weighted by molar-refractivity contribution is 7.91. The van der Waals surface area contributed by atoms with E-state index in [4.69, 9.17) is 4.74 Å². The van der Waals surface area contributed by atoms with Crippen molar-refractivity contribution in [2.45, 2.75) is 25.0 Å². The number of pyridine rings is 1. The highest BCUT2D eigenvalue weighted by atomic mass is 32.2. The second kappa shape index (κ2) is 9.13. The van der Waals surface area contributed by atoms with E-state index in [1.165, 1.54) is 31.8 Å². The maximum Gasteiger partial charge on any atom is 0.417 e. The number of rotatable bonds is 7. The number of aryl methyl sites for hydroxylation is 2. The molecule has 1 amide bonds. The molecule has 0 atom stereocenters. The molecule has 1 N–H and O–H groups in total. The number of hydrogen-bond acceptors (Lipinski definition) is 8. The van der Waals surface area contributed by atoms with Gasteiger partial charge < -0.3 is 14.6 Å².